The number of rotatable bonds is 3. The molecule has 0 saturated heterocycles. The number of carbonyl (C=O) groups is 1. The molecule has 0 fully saturated rings. The molecule has 64 valence electrons. The number of carboxylic acid groups (broad SMARTS) is 1. The fourth-order valence-corrected chi connectivity index (χ4v) is 0.937. The maximum absolute atomic E-state index is 10.3. The van der Waals surface area contributed by atoms with Gasteiger partial charge in [0.1, 0.15) is 0 Å². The predicted molar refractivity (Wildman–Crippen MR) is 45.9 cm³/mol. The first-order chi connectivity index (χ1) is 5.70. The topological polar surface area (TPSA) is 61.1 Å². The summed E-state index contributed by atoms with van der Waals surface area (Å²) in [6, 6.07) is 8.14. The van der Waals surface area contributed by atoms with Crippen LogP contribution in [-0.4, -0.2) is 17.1 Å². The first-order valence-corrected chi connectivity index (χ1v) is 3.68. The number of benzene rings is 1. The van der Waals surface area contributed by atoms with Crippen LogP contribution in [-0.2, 0) is 11.2 Å². The molecule has 0 radical (unpaired) electrons. The van der Waals surface area contributed by atoms with E-state index >= 15 is 0 Å². The van der Waals surface area contributed by atoms with Gasteiger partial charge in [-0.15, -0.1) is 0 Å². The Morgan fingerprint density at radius 1 is 1.38 bits per heavy atom. The molecule has 2 N–H and O–H groups in total. The van der Waals surface area contributed by atoms with Crippen molar-refractivity contribution in [1.82, 2.24) is 0 Å². The van der Waals surface area contributed by atoms with Gasteiger partial charge in [0.05, 0.1) is 0 Å². The van der Waals surface area contributed by atoms with Crippen LogP contribution < -0.4 is 0 Å². The molecular weight excluding hydrogens is 295 g/mol. The Morgan fingerprint density at radius 2 is 1.92 bits per heavy atom. The van der Waals surface area contributed by atoms with Gasteiger partial charge < -0.3 is 10.8 Å². The number of carboxylic acids is 1. The monoisotopic (exact) mass is 305 g/mol. The van der Waals surface area contributed by atoms with Gasteiger partial charge in [-0.2, -0.15) is 0 Å². The van der Waals surface area contributed by atoms with Crippen LogP contribution in [0.2, 0.25) is 0 Å². The largest absolute Gasteiger partial charge is 3.00 e. The van der Waals surface area contributed by atoms with E-state index in [0.717, 1.165) is 5.56 Å². The van der Waals surface area contributed by atoms with Crippen molar-refractivity contribution >= 4 is 5.97 Å². The summed E-state index contributed by atoms with van der Waals surface area (Å²) in [5.41, 5.74) is 8.05. The summed E-state index contributed by atoms with van der Waals surface area (Å²) in [4.78, 5) is 10.3. The molecule has 1 rings (SSSR count). The number of hydrogen-bond acceptors (Lipinski definition) is 1. The second-order valence-electron chi connectivity index (χ2n) is 2.58. The minimum absolute atomic E-state index is 0. The first-order valence-electron chi connectivity index (χ1n) is 3.68. The maximum Gasteiger partial charge on any atom is 3.00 e. The van der Waals surface area contributed by atoms with E-state index < -0.39 is 12.0 Å². The average Bonchev–Trinajstić information content (AvgIpc) is 2.06. The van der Waals surface area contributed by atoms with E-state index in [9.17, 15) is 4.79 Å². The Labute approximate surface area is 110 Å². The number of nitrogens with one attached hydrogen (secondary N) is 1. The standard InChI is InChI=1S/C9H10NO2.Pr/c10-8(9(11)12)6-7-4-2-1-3-5-7;/h1-5,8,10H,6H2,(H,11,12);/q-1;+3. The SMILES string of the molecule is [NH-]C(Cc1ccccc1)C(=O)O.[Pr+3]. The van der Waals surface area contributed by atoms with Crippen LogP contribution >= 0.6 is 0 Å². The molecule has 0 saturated carbocycles. The normalized spacial score (nSPS) is 11.5. The van der Waals surface area contributed by atoms with Crippen LogP contribution in [0.3, 0.4) is 0 Å². The molecule has 3 nitrogen and oxygen atoms in total. The van der Waals surface area contributed by atoms with E-state index in [4.69, 9.17) is 10.8 Å². The summed E-state index contributed by atoms with van der Waals surface area (Å²) < 4.78 is 0. The fraction of sp³-hybridized carbons (Fsp3) is 0.222. The van der Waals surface area contributed by atoms with Crippen molar-refractivity contribution in [2.75, 3.05) is 0 Å². The number of aliphatic carboxylic acids is 1. The Balaban J connectivity index is 0.00000144. The third kappa shape index (κ3) is 4.70. The zero-order valence-electron chi connectivity index (χ0n) is 7.10. The van der Waals surface area contributed by atoms with E-state index in [0.29, 0.717) is 0 Å². The molecule has 1 atom stereocenters. The predicted octanol–water partition coefficient (Wildman–Crippen LogP) is 1.73. The summed E-state index contributed by atoms with van der Waals surface area (Å²) in [7, 11) is 0. The van der Waals surface area contributed by atoms with Crippen LogP contribution in [0.15, 0.2) is 30.3 Å². The van der Waals surface area contributed by atoms with Crippen LogP contribution in [0.25, 0.3) is 5.73 Å². The maximum atomic E-state index is 10.3. The van der Waals surface area contributed by atoms with Gasteiger partial charge in [0.15, 0.2) is 0 Å². The van der Waals surface area contributed by atoms with Gasteiger partial charge in [-0.25, -0.2) is 0 Å². The minimum Gasteiger partial charge on any atom is -0.665 e. The van der Waals surface area contributed by atoms with Gasteiger partial charge in [0.2, 0.25) is 0 Å². The third-order valence-electron chi connectivity index (χ3n) is 1.58. The average molecular weight is 305 g/mol. The molecule has 0 aromatic heterocycles. The smallest absolute Gasteiger partial charge is 0.665 e. The van der Waals surface area contributed by atoms with Gasteiger partial charge in [0.25, 0.3) is 5.97 Å². The molecule has 0 aliphatic carbocycles. The third-order valence-corrected chi connectivity index (χ3v) is 1.58. The molecule has 1 aromatic rings. The van der Waals surface area contributed by atoms with Crippen molar-refractivity contribution in [3.05, 3.63) is 41.6 Å². The van der Waals surface area contributed by atoms with Crippen molar-refractivity contribution in [3.63, 3.8) is 0 Å². The fourth-order valence-electron chi connectivity index (χ4n) is 0.937. The summed E-state index contributed by atoms with van der Waals surface area (Å²) in [6.07, 6.45) is 0.274. The van der Waals surface area contributed by atoms with Crippen LogP contribution in [0.1, 0.15) is 5.56 Å². The zero-order chi connectivity index (χ0) is 8.97. The molecule has 1 aromatic carbocycles. The van der Waals surface area contributed by atoms with E-state index in [1.807, 2.05) is 30.3 Å². The van der Waals surface area contributed by atoms with Crippen LogP contribution in [0.5, 0.6) is 0 Å². The molecule has 4 heteroatoms. The molecule has 0 heterocycles. The first kappa shape index (κ1) is 13.0. The van der Waals surface area contributed by atoms with Crippen molar-refractivity contribution in [1.29, 1.82) is 0 Å². The summed E-state index contributed by atoms with van der Waals surface area (Å²) in [6.45, 7) is 0. The Bertz CT molecular complexity index is 264. The molecule has 0 bridgehead atoms. The molecule has 0 spiro atoms. The van der Waals surface area contributed by atoms with Crippen LogP contribution in [0.4, 0.5) is 0 Å². The molecule has 13 heavy (non-hydrogen) atoms. The Kier molecular flexibility index (Phi) is 6.47. The Morgan fingerprint density at radius 3 is 2.38 bits per heavy atom. The summed E-state index contributed by atoms with van der Waals surface area (Å²) >= 11 is 0. The number of hydrogen-bond donors (Lipinski definition) is 1. The molecular formula is C9H10NO2Pr+2. The van der Waals surface area contributed by atoms with E-state index in [1.165, 1.54) is 0 Å². The van der Waals surface area contributed by atoms with Gasteiger partial charge in [-0.1, -0.05) is 30.3 Å². The Hall–Kier alpha value is 0.0136. The molecule has 0 aliphatic rings. The van der Waals surface area contributed by atoms with Crippen molar-refractivity contribution < 1.29 is 51.2 Å². The second kappa shape index (κ2) is 6.46. The minimum atomic E-state index is -1.07. The summed E-state index contributed by atoms with van der Waals surface area (Å²) in [5.74, 6) is -1.07. The van der Waals surface area contributed by atoms with E-state index in [1.54, 1.807) is 0 Å². The molecule has 0 amide bonds. The zero-order valence-corrected chi connectivity index (χ0v) is 10.8. The van der Waals surface area contributed by atoms with Crippen molar-refractivity contribution in [3.8, 4) is 0 Å². The quantitative estimate of drug-likeness (QED) is 0.924. The van der Waals surface area contributed by atoms with Gasteiger partial charge in [-0.3, -0.25) is 4.79 Å². The van der Waals surface area contributed by atoms with Gasteiger partial charge >= 0.3 is 41.3 Å². The van der Waals surface area contributed by atoms with E-state index in [2.05, 4.69) is 0 Å². The molecule has 0 aliphatic heterocycles. The van der Waals surface area contributed by atoms with Gasteiger partial charge in [-0.05, 0) is 18.0 Å². The second-order valence-corrected chi connectivity index (χ2v) is 2.58. The molecule has 1 unspecified atom stereocenters. The van der Waals surface area contributed by atoms with Crippen molar-refractivity contribution in [2.45, 2.75) is 12.5 Å². The van der Waals surface area contributed by atoms with Gasteiger partial charge in [0, 0.05) is 0 Å². The van der Waals surface area contributed by atoms with Crippen molar-refractivity contribution in [2.24, 2.45) is 0 Å². The summed E-state index contributed by atoms with van der Waals surface area (Å²) in [5, 5.41) is 8.46. The van der Waals surface area contributed by atoms with E-state index in [-0.39, 0.29) is 47.7 Å². The van der Waals surface area contributed by atoms with Crippen LogP contribution in [0, 0.1) is 41.3 Å².